The number of phenolic OH excluding ortho intramolecular Hbond substituents is 1. The second-order valence-corrected chi connectivity index (χ2v) is 4.74. The zero-order valence-corrected chi connectivity index (χ0v) is 10.7. The number of aromatic hydroxyl groups is 1. The lowest BCUT2D eigenvalue weighted by atomic mass is 10.1. The summed E-state index contributed by atoms with van der Waals surface area (Å²) in [6.45, 7) is 3.52. The van der Waals surface area contributed by atoms with Crippen molar-refractivity contribution in [1.82, 2.24) is 10.2 Å². The molecule has 0 unspecified atom stereocenters. The van der Waals surface area contributed by atoms with E-state index in [1.54, 1.807) is 18.2 Å². The fourth-order valence-electron chi connectivity index (χ4n) is 2.33. The van der Waals surface area contributed by atoms with E-state index >= 15 is 0 Å². The summed E-state index contributed by atoms with van der Waals surface area (Å²) in [7, 11) is 0. The number of benzene rings is 1. The molecule has 1 aromatic rings. The quantitative estimate of drug-likeness (QED) is 0.784. The van der Waals surface area contributed by atoms with E-state index in [4.69, 9.17) is 0 Å². The van der Waals surface area contributed by atoms with Crippen molar-refractivity contribution in [3.8, 4) is 5.75 Å². The van der Waals surface area contributed by atoms with Gasteiger partial charge in [-0.2, -0.15) is 0 Å². The van der Waals surface area contributed by atoms with E-state index in [2.05, 4.69) is 17.1 Å². The molecule has 0 saturated carbocycles. The fourth-order valence-corrected chi connectivity index (χ4v) is 2.33. The first-order valence-electron chi connectivity index (χ1n) is 6.53. The lowest BCUT2D eigenvalue weighted by Gasteiger charge is -2.23. The van der Waals surface area contributed by atoms with Crippen LogP contribution in [0.1, 0.15) is 37.9 Å². The SMILES string of the molecule is CCCCCN1CC(=O)N[C@H]1c1cccc(O)c1. The number of hydrogen-bond donors (Lipinski definition) is 2. The molecule has 98 valence electrons. The molecular formula is C14H20N2O2. The average molecular weight is 248 g/mol. The summed E-state index contributed by atoms with van der Waals surface area (Å²) in [5, 5.41) is 12.5. The number of unbranched alkanes of at least 4 members (excludes halogenated alkanes) is 2. The second-order valence-electron chi connectivity index (χ2n) is 4.74. The van der Waals surface area contributed by atoms with Crippen molar-refractivity contribution in [3.63, 3.8) is 0 Å². The van der Waals surface area contributed by atoms with Gasteiger partial charge in [0.1, 0.15) is 11.9 Å². The minimum Gasteiger partial charge on any atom is -0.508 e. The van der Waals surface area contributed by atoms with Gasteiger partial charge in [-0.25, -0.2) is 0 Å². The number of phenols is 1. The van der Waals surface area contributed by atoms with Gasteiger partial charge in [0.2, 0.25) is 5.91 Å². The molecule has 1 heterocycles. The Kier molecular flexibility index (Phi) is 4.20. The molecule has 1 aliphatic rings. The first-order chi connectivity index (χ1) is 8.70. The predicted molar refractivity (Wildman–Crippen MR) is 70.1 cm³/mol. The highest BCUT2D eigenvalue weighted by molar-refractivity contribution is 5.80. The molecule has 2 N–H and O–H groups in total. The van der Waals surface area contributed by atoms with Crippen LogP contribution < -0.4 is 5.32 Å². The zero-order chi connectivity index (χ0) is 13.0. The topological polar surface area (TPSA) is 52.6 Å². The highest BCUT2D eigenvalue weighted by Crippen LogP contribution is 2.25. The summed E-state index contributed by atoms with van der Waals surface area (Å²) in [5.41, 5.74) is 0.942. The average Bonchev–Trinajstić information content (AvgIpc) is 2.71. The third kappa shape index (κ3) is 3.01. The molecule has 1 aromatic carbocycles. The van der Waals surface area contributed by atoms with E-state index in [0.717, 1.165) is 18.5 Å². The Hall–Kier alpha value is -1.55. The van der Waals surface area contributed by atoms with E-state index in [9.17, 15) is 9.90 Å². The van der Waals surface area contributed by atoms with Crippen LogP contribution in [0, 0.1) is 0 Å². The van der Waals surface area contributed by atoms with Crippen LogP contribution in [0.15, 0.2) is 24.3 Å². The van der Waals surface area contributed by atoms with Crippen LogP contribution >= 0.6 is 0 Å². The molecule has 2 rings (SSSR count). The molecule has 0 aromatic heterocycles. The van der Waals surface area contributed by atoms with Crippen LogP contribution in [0.5, 0.6) is 5.75 Å². The van der Waals surface area contributed by atoms with Crippen molar-refractivity contribution in [1.29, 1.82) is 0 Å². The highest BCUT2D eigenvalue weighted by atomic mass is 16.3. The van der Waals surface area contributed by atoms with E-state index in [1.807, 2.05) is 6.07 Å². The first-order valence-corrected chi connectivity index (χ1v) is 6.53. The number of nitrogens with one attached hydrogen (secondary N) is 1. The van der Waals surface area contributed by atoms with Crippen molar-refractivity contribution < 1.29 is 9.90 Å². The number of nitrogens with zero attached hydrogens (tertiary/aromatic N) is 1. The van der Waals surface area contributed by atoms with Crippen molar-refractivity contribution in [2.24, 2.45) is 0 Å². The van der Waals surface area contributed by atoms with Gasteiger partial charge in [0.05, 0.1) is 6.54 Å². The number of hydrogen-bond acceptors (Lipinski definition) is 3. The number of carbonyl (C=O) groups excluding carboxylic acids is 1. The smallest absolute Gasteiger partial charge is 0.235 e. The fraction of sp³-hybridized carbons (Fsp3) is 0.500. The third-order valence-electron chi connectivity index (χ3n) is 3.24. The largest absolute Gasteiger partial charge is 0.508 e. The molecular weight excluding hydrogens is 228 g/mol. The zero-order valence-electron chi connectivity index (χ0n) is 10.7. The Morgan fingerprint density at radius 3 is 3.00 bits per heavy atom. The summed E-state index contributed by atoms with van der Waals surface area (Å²) in [6, 6.07) is 7.09. The van der Waals surface area contributed by atoms with Crippen LogP contribution in [0.4, 0.5) is 0 Å². The Balaban J connectivity index is 2.07. The first kappa shape index (κ1) is 12.9. The minimum absolute atomic E-state index is 0.0554. The molecule has 1 fully saturated rings. The maximum Gasteiger partial charge on any atom is 0.235 e. The van der Waals surface area contributed by atoms with E-state index < -0.39 is 0 Å². The Morgan fingerprint density at radius 2 is 2.28 bits per heavy atom. The summed E-state index contributed by atoms with van der Waals surface area (Å²) in [5.74, 6) is 0.294. The van der Waals surface area contributed by atoms with Gasteiger partial charge < -0.3 is 10.4 Å². The van der Waals surface area contributed by atoms with E-state index in [0.29, 0.717) is 6.54 Å². The summed E-state index contributed by atoms with van der Waals surface area (Å²) < 4.78 is 0. The number of amides is 1. The lowest BCUT2D eigenvalue weighted by Crippen LogP contribution is -2.28. The van der Waals surface area contributed by atoms with E-state index in [-0.39, 0.29) is 17.8 Å². The molecule has 0 spiro atoms. The second kappa shape index (κ2) is 5.87. The van der Waals surface area contributed by atoms with Gasteiger partial charge in [0, 0.05) is 6.54 Å². The van der Waals surface area contributed by atoms with Gasteiger partial charge in [0.15, 0.2) is 0 Å². The van der Waals surface area contributed by atoms with Crippen LogP contribution in [0.3, 0.4) is 0 Å². The van der Waals surface area contributed by atoms with Crippen molar-refractivity contribution >= 4 is 5.91 Å². The van der Waals surface area contributed by atoms with Crippen LogP contribution in [0.2, 0.25) is 0 Å². The minimum atomic E-state index is -0.0959. The molecule has 1 atom stereocenters. The Labute approximate surface area is 108 Å². The third-order valence-corrected chi connectivity index (χ3v) is 3.24. The summed E-state index contributed by atoms with van der Waals surface area (Å²) in [4.78, 5) is 13.7. The van der Waals surface area contributed by atoms with Gasteiger partial charge in [0.25, 0.3) is 0 Å². The molecule has 4 nitrogen and oxygen atoms in total. The van der Waals surface area contributed by atoms with Crippen molar-refractivity contribution in [2.75, 3.05) is 13.1 Å². The van der Waals surface area contributed by atoms with Gasteiger partial charge in [-0.05, 0) is 24.1 Å². The Morgan fingerprint density at radius 1 is 1.44 bits per heavy atom. The van der Waals surface area contributed by atoms with Gasteiger partial charge in [-0.15, -0.1) is 0 Å². The van der Waals surface area contributed by atoms with Crippen molar-refractivity contribution in [2.45, 2.75) is 32.4 Å². The predicted octanol–water partition coefficient (Wildman–Crippen LogP) is 2.01. The maximum absolute atomic E-state index is 11.5. The summed E-state index contributed by atoms with van der Waals surface area (Å²) in [6.07, 6.45) is 3.35. The molecule has 1 amide bonds. The monoisotopic (exact) mass is 248 g/mol. The molecule has 0 aliphatic carbocycles. The van der Waals surface area contributed by atoms with Crippen LogP contribution in [-0.4, -0.2) is 29.0 Å². The maximum atomic E-state index is 11.5. The number of rotatable bonds is 5. The molecule has 18 heavy (non-hydrogen) atoms. The van der Waals surface area contributed by atoms with Crippen molar-refractivity contribution in [3.05, 3.63) is 29.8 Å². The molecule has 0 radical (unpaired) electrons. The Bertz CT molecular complexity index is 420. The normalized spacial score (nSPS) is 20.1. The van der Waals surface area contributed by atoms with Crippen LogP contribution in [0.25, 0.3) is 0 Å². The lowest BCUT2D eigenvalue weighted by molar-refractivity contribution is -0.118. The molecule has 0 bridgehead atoms. The standard InChI is InChI=1S/C14H20N2O2/c1-2-3-4-8-16-10-13(18)15-14(16)11-6-5-7-12(17)9-11/h5-7,9,14,17H,2-4,8,10H2,1H3,(H,15,18)/t14-/m1/s1. The number of carbonyl (C=O) groups is 1. The van der Waals surface area contributed by atoms with Crippen LogP contribution in [-0.2, 0) is 4.79 Å². The summed E-state index contributed by atoms with van der Waals surface area (Å²) >= 11 is 0. The highest BCUT2D eigenvalue weighted by Gasteiger charge is 2.30. The van der Waals surface area contributed by atoms with Gasteiger partial charge in [-0.3, -0.25) is 9.69 Å². The molecule has 1 saturated heterocycles. The molecule has 1 aliphatic heterocycles. The van der Waals surface area contributed by atoms with E-state index in [1.165, 1.54) is 12.8 Å². The van der Waals surface area contributed by atoms with Gasteiger partial charge in [-0.1, -0.05) is 31.9 Å². The van der Waals surface area contributed by atoms with Gasteiger partial charge >= 0.3 is 0 Å². The molecule has 4 heteroatoms.